The first-order valence-electron chi connectivity index (χ1n) is 7.08. The number of ether oxygens (including phenoxy) is 1. The van der Waals surface area contributed by atoms with Gasteiger partial charge in [-0.1, -0.05) is 0 Å². The summed E-state index contributed by atoms with van der Waals surface area (Å²) in [4.78, 5) is 33.5. The SMILES string of the molecule is COCCCNC(=O)CCCC(=O)NCCCC(C)=O. The molecule has 0 aromatic carbocycles. The van der Waals surface area contributed by atoms with Crippen LogP contribution in [0, 0.1) is 0 Å². The maximum absolute atomic E-state index is 11.4. The number of ketones is 1. The minimum Gasteiger partial charge on any atom is -0.385 e. The summed E-state index contributed by atoms with van der Waals surface area (Å²) in [7, 11) is 1.62. The van der Waals surface area contributed by atoms with Crippen LogP contribution >= 0.6 is 0 Å². The number of nitrogens with one attached hydrogen (secondary N) is 2. The fraction of sp³-hybridized carbons (Fsp3) is 0.786. The van der Waals surface area contributed by atoms with Gasteiger partial charge in [-0.05, 0) is 26.2 Å². The van der Waals surface area contributed by atoms with Crippen LogP contribution in [-0.2, 0) is 19.1 Å². The number of hydrogen-bond acceptors (Lipinski definition) is 4. The average Bonchev–Trinajstić information content (AvgIpc) is 2.39. The van der Waals surface area contributed by atoms with Gasteiger partial charge in [-0.2, -0.15) is 0 Å². The molecule has 0 bridgehead atoms. The van der Waals surface area contributed by atoms with Crippen LogP contribution < -0.4 is 10.6 Å². The molecule has 20 heavy (non-hydrogen) atoms. The van der Waals surface area contributed by atoms with E-state index in [1.807, 2.05) is 0 Å². The Balaban J connectivity index is 3.41. The lowest BCUT2D eigenvalue weighted by Gasteiger charge is -2.06. The normalized spacial score (nSPS) is 10.1. The molecular formula is C14H26N2O4. The summed E-state index contributed by atoms with van der Waals surface area (Å²) >= 11 is 0. The molecule has 0 rings (SSSR count). The Morgan fingerprint density at radius 1 is 0.850 bits per heavy atom. The summed E-state index contributed by atoms with van der Waals surface area (Å²) < 4.78 is 4.87. The summed E-state index contributed by atoms with van der Waals surface area (Å²) in [5.74, 6) is 0.0237. The molecule has 0 heterocycles. The summed E-state index contributed by atoms with van der Waals surface area (Å²) in [6.07, 6.45) is 3.18. The van der Waals surface area contributed by atoms with Crippen molar-refractivity contribution in [1.82, 2.24) is 10.6 Å². The molecule has 0 aromatic rings. The third kappa shape index (κ3) is 13.0. The topological polar surface area (TPSA) is 84.5 Å². The van der Waals surface area contributed by atoms with E-state index in [2.05, 4.69) is 10.6 Å². The van der Waals surface area contributed by atoms with Crippen molar-refractivity contribution in [3.05, 3.63) is 0 Å². The number of carbonyl (C=O) groups excluding carboxylic acids is 3. The zero-order valence-electron chi connectivity index (χ0n) is 12.5. The fourth-order valence-corrected chi connectivity index (χ4v) is 1.60. The van der Waals surface area contributed by atoms with Crippen LogP contribution in [0.5, 0.6) is 0 Å². The van der Waals surface area contributed by atoms with E-state index in [-0.39, 0.29) is 17.6 Å². The predicted octanol–water partition coefficient (Wildman–Crippen LogP) is 0.795. The highest BCUT2D eigenvalue weighted by Crippen LogP contribution is 1.96. The Morgan fingerprint density at radius 3 is 1.90 bits per heavy atom. The predicted molar refractivity (Wildman–Crippen MR) is 76.3 cm³/mol. The van der Waals surface area contributed by atoms with E-state index in [0.717, 1.165) is 6.42 Å². The molecule has 0 spiro atoms. The highest BCUT2D eigenvalue weighted by molar-refractivity contribution is 5.79. The lowest BCUT2D eigenvalue weighted by atomic mass is 10.2. The van der Waals surface area contributed by atoms with Crippen molar-refractivity contribution in [2.45, 2.75) is 45.4 Å². The number of Topliss-reactive ketones (excluding diaryl/α,β-unsaturated/α-hetero) is 1. The van der Waals surface area contributed by atoms with Gasteiger partial charge in [-0.25, -0.2) is 0 Å². The molecular weight excluding hydrogens is 260 g/mol. The van der Waals surface area contributed by atoms with Crippen LogP contribution in [0.2, 0.25) is 0 Å². The van der Waals surface area contributed by atoms with Crippen molar-refractivity contribution in [1.29, 1.82) is 0 Å². The molecule has 6 nitrogen and oxygen atoms in total. The number of methoxy groups -OCH3 is 1. The summed E-state index contributed by atoms with van der Waals surface area (Å²) in [5, 5.41) is 5.50. The van der Waals surface area contributed by atoms with Crippen molar-refractivity contribution < 1.29 is 19.1 Å². The minimum atomic E-state index is -0.0688. The Morgan fingerprint density at radius 2 is 1.40 bits per heavy atom. The van der Waals surface area contributed by atoms with Gasteiger partial charge in [-0.15, -0.1) is 0 Å². The van der Waals surface area contributed by atoms with E-state index in [1.165, 1.54) is 6.92 Å². The van der Waals surface area contributed by atoms with Crippen LogP contribution in [0.4, 0.5) is 0 Å². The van der Waals surface area contributed by atoms with E-state index in [4.69, 9.17) is 4.74 Å². The monoisotopic (exact) mass is 286 g/mol. The lowest BCUT2D eigenvalue weighted by Crippen LogP contribution is -2.27. The largest absolute Gasteiger partial charge is 0.385 e. The molecule has 0 aliphatic carbocycles. The second-order valence-corrected chi connectivity index (χ2v) is 4.71. The Bertz CT molecular complexity index is 306. The first-order chi connectivity index (χ1) is 9.56. The Labute approximate surface area is 120 Å². The number of rotatable bonds is 12. The molecule has 0 atom stereocenters. The van der Waals surface area contributed by atoms with Crippen molar-refractivity contribution in [2.24, 2.45) is 0 Å². The quantitative estimate of drug-likeness (QED) is 0.520. The summed E-state index contributed by atoms with van der Waals surface area (Å²) in [5.41, 5.74) is 0. The maximum Gasteiger partial charge on any atom is 0.220 e. The molecule has 0 unspecified atom stereocenters. The van der Waals surface area contributed by atoms with E-state index in [9.17, 15) is 14.4 Å². The van der Waals surface area contributed by atoms with E-state index < -0.39 is 0 Å². The van der Waals surface area contributed by atoms with E-state index >= 15 is 0 Å². The Hall–Kier alpha value is -1.43. The smallest absolute Gasteiger partial charge is 0.220 e. The average molecular weight is 286 g/mol. The Kier molecular flexibility index (Phi) is 11.7. The van der Waals surface area contributed by atoms with E-state index in [1.54, 1.807) is 7.11 Å². The molecule has 0 aliphatic rings. The van der Waals surface area contributed by atoms with Gasteiger partial charge in [0.15, 0.2) is 0 Å². The van der Waals surface area contributed by atoms with Crippen molar-refractivity contribution in [2.75, 3.05) is 26.8 Å². The van der Waals surface area contributed by atoms with Gasteiger partial charge in [0, 0.05) is 46.1 Å². The van der Waals surface area contributed by atoms with Gasteiger partial charge < -0.3 is 20.2 Å². The van der Waals surface area contributed by atoms with Crippen LogP contribution in [-0.4, -0.2) is 44.4 Å². The third-order valence-corrected chi connectivity index (χ3v) is 2.68. The molecule has 0 radical (unpaired) electrons. The standard InChI is InChI=1S/C14H26N2O4/c1-12(17)6-4-9-15-13(18)7-3-8-14(19)16-10-5-11-20-2/h3-11H2,1-2H3,(H,15,18)(H,16,19). The molecule has 0 fully saturated rings. The van der Waals surface area contributed by atoms with Gasteiger partial charge >= 0.3 is 0 Å². The molecule has 6 heteroatoms. The van der Waals surface area contributed by atoms with E-state index in [0.29, 0.717) is 51.8 Å². The third-order valence-electron chi connectivity index (χ3n) is 2.68. The van der Waals surface area contributed by atoms with Crippen LogP contribution in [0.1, 0.15) is 45.4 Å². The zero-order valence-corrected chi connectivity index (χ0v) is 12.5. The molecule has 2 amide bonds. The zero-order chi connectivity index (χ0) is 15.2. The first-order valence-corrected chi connectivity index (χ1v) is 7.08. The van der Waals surface area contributed by atoms with Crippen LogP contribution in [0.3, 0.4) is 0 Å². The molecule has 0 saturated carbocycles. The lowest BCUT2D eigenvalue weighted by molar-refractivity contribution is -0.123. The van der Waals surface area contributed by atoms with Crippen LogP contribution in [0.15, 0.2) is 0 Å². The van der Waals surface area contributed by atoms with Gasteiger partial charge in [0.05, 0.1) is 0 Å². The fourth-order valence-electron chi connectivity index (χ4n) is 1.60. The van der Waals surface area contributed by atoms with Gasteiger partial charge in [0.2, 0.25) is 11.8 Å². The molecule has 0 aliphatic heterocycles. The maximum atomic E-state index is 11.4. The van der Waals surface area contributed by atoms with Gasteiger partial charge in [0.25, 0.3) is 0 Å². The van der Waals surface area contributed by atoms with Crippen molar-refractivity contribution in [3.8, 4) is 0 Å². The highest BCUT2D eigenvalue weighted by atomic mass is 16.5. The first kappa shape index (κ1) is 18.6. The number of carbonyl (C=O) groups is 3. The van der Waals surface area contributed by atoms with Crippen molar-refractivity contribution >= 4 is 17.6 Å². The minimum absolute atomic E-state index is 0.0366. The van der Waals surface area contributed by atoms with Crippen LogP contribution in [0.25, 0.3) is 0 Å². The molecule has 0 saturated heterocycles. The highest BCUT2D eigenvalue weighted by Gasteiger charge is 2.04. The second kappa shape index (κ2) is 12.6. The summed E-state index contributed by atoms with van der Waals surface area (Å²) in [6.45, 7) is 3.28. The second-order valence-electron chi connectivity index (χ2n) is 4.71. The van der Waals surface area contributed by atoms with Gasteiger partial charge in [-0.3, -0.25) is 9.59 Å². The summed E-state index contributed by atoms with van der Waals surface area (Å²) in [6, 6.07) is 0. The number of amides is 2. The number of hydrogen-bond donors (Lipinski definition) is 2. The molecule has 116 valence electrons. The molecule has 0 aromatic heterocycles. The van der Waals surface area contributed by atoms with Crippen molar-refractivity contribution in [3.63, 3.8) is 0 Å². The molecule has 2 N–H and O–H groups in total. The van der Waals surface area contributed by atoms with Gasteiger partial charge in [0.1, 0.15) is 5.78 Å².